The average molecular weight is 410 g/mol. The first kappa shape index (κ1) is 19.5. The average Bonchev–Trinajstić information content (AvgIpc) is 2.74. The Morgan fingerprint density at radius 3 is 2.50 bits per heavy atom. The van der Waals surface area contributed by atoms with Crippen molar-refractivity contribution < 1.29 is 18.7 Å². The van der Waals surface area contributed by atoms with Crippen LogP contribution in [-0.4, -0.2) is 60.9 Å². The Hall–Kier alpha value is -2.44. The van der Waals surface area contributed by atoms with Crippen LogP contribution in [-0.2, 0) is 15.9 Å². The summed E-state index contributed by atoms with van der Waals surface area (Å²) in [6.45, 7) is 1.97. The smallest absolute Gasteiger partial charge is 0.410 e. The molecule has 2 aromatic carbocycles. The molecule has 3 heterocycles. The quantitative estimate of drug-likeness (QED) is 0.756. The van der Waals surface area contributed by atoms with E-state index < -0.39 is 0 Å². The highest BCUT2D eigenvalue weighted by Crippen LogP contribution is 2.36. The third kappa shape index (κ3) is 3.59. The van der Waals surface area contributed by atoms with Gasteiger partial charge in [-0.2, -0.15) is 0 Å². The number of nitrogens with zero attached hydrogens (tertiary/aromatic N) is 2. The lowest BCUT2D eigenvalue weighted by molar-refractivity contribution is -0.0981. The number of likely N-dealkylation sites (N-methyl/N-ethyl adjacent to an activating group) is 1. The zero-order valence-electron chi connectivity index (χ0n) is 17.2. The van der Waals surface area contributed by atoms with Gasteiger partial charge in [0.2, 0.25) is 0 Å². The van der Waals surface area contributed by atoms with E-state index in [1.807, 2.05) is 12.1 Å². The lowest BCUT2D eigenvalue weighted by atomic mass is 9.88. The maximum absolute atomic E-state index is 13.5. The van der Waals surface area contributed by atoms with Crippen molar-refractivity contribution in [2.45, 2.75) is 43.5 Å². The zero-order chi connectivity index (χ0) is 20.7. The van der Waals surface area contributed by atoms with Gasteiger partial charge in [-0.1, -0.05) is 36.4 Å². The minimum Gasteiger partial charge on any atom is -0.446 e. The number of benzene rings is 2. The first-order valence-electron chi connectivity index (χ1n) is 10.7. The van der Waals surface area contributed by atoms with E-state index in [0.29, 0.717) is 31.8 Å². The predicted molar refractivity (Wildman–Crippen MR) is 111 cm³/mol. The largest absolute Gasteiger partial charge is 0.446 e. The van der Waals surface area contributed by atoms with Gasteiger partial charge in [0, 0.05) is 31.5 Å². The molecular formula is C24H27FN2O3. The highest BCUT2D eigenvalue weighted by atomic mass is 19.1. The number of fused-ring (bicyclic) bond motifs is 3. The zero-order valence-corrected chi connectivity index (χ0v) is 17.2. The number of carbonyl (C=O) groups is 1. The third-order valence-corrected chi connectivity index (χ3v) is 6.81. The Morgan fingerprint density at radius 1 is 1.07 bits per heavy atom. The highest BCUT2D eigenvalue weighted by molar-refractivity contribution is 5.70. The summed E-state index contributed by atoms with van der Waals surface area (Å²) in [5.41, 5.74) is 3.21. The van der Waals surface area contributed by atoms with E-state index in [0.717, 1.165) is 30.4 Å². The molecule has 0 aromatic heterocycles. The molecule has 3 aliphatic rings. The molecule has 3 atom stereocenters. The lowest BCUT2D eigenvalue weighted by Crippen LogP contribution is -2.57. The van der Waals surface area contributed by atoms with Crippen molar-refractivity contribution in [3.8, 4) is 0 Å². The van der Waals surface area contributed by atoms with E-state index in [1.54, 1.807) is 17.0 Å². The summed E-state index contributed by atoms with van der Waals surface area (Å²) in [4.78, 5) is 17.5. The first-order chi connectivity index (χ1) is 14.6. The number of ether oxygens (including phenoxy) is 2. The fourth-order valence-corrected chi connectivity index (χ4v) is 5.12. The van der Waals surface area contributed by atoms with Crippen molar-refractivity contribution in [1.29, 1.82) is 0 Å². The molecule has 0 radical (unpaired) electrons. The number of rotatable bonds is 2. The number of hydrogen-bond donors (Lipinski definition) is 0. The van der Waals surface area contributed by atoms with Gasteiger partial charge < -0.3 is 9.47 Å². The molecule has 2 fully saturated rings. The van der Waals surface area contributed by atoms with E-state index in [9.17, 15) is 9.18 Å². The van der Waals surface area contributed by atoms with Gasteiger partial charge >= 0.3 is 6.09 Å². The van der Waals surface area contributed by atoms with Crippen molar-refractivity contribution in [1.82, 2.24) is 9.80 Å². The lowest BCUT2D eigenvalue weighted by Gasteiger charge is -2.46. The van der Waals surface area contributed by atoms with Gasteiger partial charge in [0.15, 0.2) is 0 Å². The predicted octanol–water partition coefficient (Wildman–Crippen LogP) is 3.77. The van der Waals surface area contributed by atoms with E-state index >= 15 is 0 Å². The van der Waals surface area contributed by atoms with E-state index in [4.69, 9.17) is 9.47 Å². The van der Waals surface area contributed by atoms with Crippen LogP contribution in [0.2, 0.25) is 0 Å². The van der Waals surface area contributed by atoms with Gasteiger partial charge in [0.25, 0.3) is 0 Å². The Labute approximate surface area is 176 Å². The number of carbonyl (C=O) groups excluding carboxylic acids is 1. The highest BCUT2D eigenvalue weighted by Gasteiger charge is 2.40. The summed E-state index contributed by atoms with van der Waals surface area (Å²) in [5.74, 6) is -0.281. The minimum absolute atomic E-state index is 0.0985. The van der Waals surface area contributed by atoms with E-state index in [-0.39, 0.29) is 24.1 Å². The standard InChI is InChI=1S/C24H27FN2O3/c1-26-19-12-21(13-20(26)15-29-14-19)30-24(28)27-11-10-16-4-2-3-5-22(16)23(27)17-6-8-18(25)9-7-17/h2-9,19-21,23H,10-15H2,1H3/t19-,20-,23+/m1/s1. The fourth-order valence-electron chi connectivity index (χ4n) is 5.12. The summed E-state index contributed by atoms with van der Waals surface area (Å²) in [5, 5.41) is 0. The van der Waals surface area contributed by atoms with Crippen LogP contribution in [0.5, 0.6) is 0 Å². The maximum Gasteiger partial charge on any atom is 0.410 e. The molecule has 0 spiro atoms. The Kier molecular flexibility index (Phi) is 5.21. The van der Waals surface area contributed by atoms with Crippen LogP contribution in [0.3, 0.4) is 0 Å². The van der Waals surface area contributed by atoms with Crippen LogP contribution >= 0.6 is 0 Å². The molecule has 0 aliphatic carbocycles. The molecule has 1 amide bonds. The van der Waals surface area contributed by atoms with Crippen molar-refractivity contribution >= 4 is 6.09 Å². The second-order valence-electron chi connectivity index (χ2n) is 8.58. The van der Waals surface area contributed by atoms with E-state index in [1.165, 1.54) is 17.7 Å². The third-order valence-electron chi connectivity index (χ3n) is 6.81. The molecule has 158 valence electrons. The molecular weight excluding hydrogens is 383 g/mol. The Bertz CT molecular complexity index is 905. The molecule has 0 unspecified atom stereocenters. The summed E-state index contributed by atoms with van der Waals surface area (Å²) < 4.78 is 25.3. The summed E-state index contributed by atoms with van der Waals surface area (Å²) in [6.07, 6.45) is 2.00. The van der Waals surface area contributed by atoms with Gasteiger partial charge in [-0.15, -0.1) is 0 Å². The van der Waals surface area contributed by atoms with Crippen molar-refractivity contribution in [2.75, 3.05) is 26.8 Å². The van der Waals surface area contributed by atoms with Gasteiger partial charge in [0.05, 0.1) is 19.3 Å². The van der Waals surface area contributed by atoms with E-state index in [2.05, 4.69) is 24.1 Å². The number of hydrogen-bond acceptors (Lipinski definition) is 4. The van der Waals surface area contributed by atoms with Crippen molar-refractivity contribution in [2.24, 2.45) is 0 Å². The molecule has 2 bridgehead atoms. The molecule has 30 heavy (non-hydrogen) atoms. The molecule has 3 aliphatic heterocycles. The monoisotopic (exact) mass is 410 g/mol. The van der Waals surface area contributed by atoms with Gasteiger partial charge in [-0.25, -0.2) is 9.18 Å². The fraction of sp³-hybridized carbons (Fsp3) is 0.458. The van der Waals surface area contributed by atoms with Crippen LogP contribution in [0, 0.1) is 5.82 Å². The van der Waals surface area contributed by atoms with Crippen LogP contribution < -0.4 is 0 Å². The van der Waals surface area contributed by atoms with Crippen molar-refractivity contribution in [3.63, 3.8) is 0 Å². The second-order valence-corrected chi connectivity index (χ2v) is 8.58. The first-order valence-corrected chi connectivity index (χ1v) is 10.7. The molecule has 0 saturated carbocycles. The summed E-state index contributed by atoms with van der Waals surface area (Å²) in [6, 6.07) is 14.9. The van der Waals surface area contributed by atoms with Crippen LogP contribution in [0.4, 0.5) is 9.18 Å². The Morgan fingerprint density at radius 2 is 1.77 bits per heavy atom. The molecule has 2 saturated heterocycles. The molecule has 6 heteroatoms. The van der Waals surface area contributed by atoms with Crippen LogP contribution in [0.15, 0.2) is 48.5 Å². The molecule has 0 N–H and O–H groups in total. The SMILES string of the molecule is CN1[C@H]2COC[C@H]1CC(OC(=O)N1CCc3ccccc3[C@@H]1c1ccc(F)cc1)C2. The Balaban J connectivity index is 1.39. The topological polar surface area (TPSA) is 42.0 Å². The normalized spacial score (nSPS) is 28.7. The van der Waals surface area contributed by atoms with Crippen LogP contribution in [0.1, 0.15) is 35.6 Å². The number of amides is 1. The van der Waals surface area contributed by atoms with Crippen LogP contribution in [0.25, 0.3) is 0 Å². The van der Waals surface area contributed by atoms with Crippen molar-refractivity contribution in [3.05, 3.63) is 71.0 Å². The number of halogens is 1. The molecule has 5 rings (SSSR count). The number of morpholine rings is 1. The maximum atomic E-state index is 13.5. The summed E-state index contributed by atoms with van der Waals surface area (Å²) in [7, 11) is 2.13. The van der Waals surface area contributed by atoms with Gasteiger partial charge in [-0.3, -0.25) is 9.80 Å². The summed E-state index contributed by atoms with van der Waals surface area (Å²) >= 11 is 0. The second kappa shape index (κ2) is 8.00. The van der Waals surface area contributed by atoms with Gasteiger partial charge in [-0.05, 0) is 42.3 Å². The number of piperidine rings is 1. The molecule has 2 aromatic rings. The van der Waals surface area contributed by atoms with Gasteiger partial charge in [0.1, 0.15) is 11.9 Å². The minimum atomic E-state index is -0.285. The molecule has 5 nitrogen and oxygen atoms in total.